The van der Waals surface area contributed by atoms with Crippen molar-refractivity contribution >= 4 is 11.6 Å². The lowest BCUT2D eigenvalue weighted by Gasteiger charge is -2.11. The zero-order valence-electron chi connectivity index (χ0n) is 17.0. The van der Waals surface area contributed by atoms with Gasteiger partial charge in [0.05, 0.1) is 12.2 Å². The third kappa shape index (κ3) is 4.82. The highest BCUT2D eigenvalue weighted by Gasteiger charge is 2.30. The quantitative estimate of drug-likeness (QED) is 0.443. The lowest BCUT2D eigenvalue weighted by atomic mass is 10.1. The summed E-state index contributed by atoms with van der Waals surface area (Å²) in [7, 11) is 0. The summed E-state index contributed by atoms with van der Waals surface area (Å²) >= 11 is 0. The summed E-state index contributed by atoms with van der Waals surface area (Å²) in [6.07, 6.45) is -4.46. The zero-order valence-corrected chi connectivity index (χ0v) is 17.0. The molecule has 0 atom stereocenters. The summed E-state index contributed by atoms with van der Waals surface area (Å²) in [5, 5.41) is 10.6. The van der Waals surface area contributed by atoms with Gasteiger partial charge in [0.25, 0.3) is 0 Å². The Kier molecular flexibility index (Phi) is 5.71. The first-order chi connectivity index (χ1) is 15.3. The summed E-state index contributed by atoms with van der Waals surface area (Å²) in [6.45, 7) is 3.77. The molecule has 2 aromatic heterocycles. The van der Waals surface area contributed by atoms with Gasteiger partial charge in [-0.05, 0) is 37.3 Å². The average molecular weight is 442 g/mol. The van der Waals surface area contributed by atoms with E-state index in [1.807, 2.05) is 0 Å². The van der Waals surface area contributed by atoms with Crippen LogP contribution >= 0.6 is 0 Å². The van der Waals surface area contributed by atoms with E-state index in [1.54, 1.807) is 38.1 Å². The summed E-state index contributed by atoms with van der Waals surface area (Å²) < 4.78 is 49.8. The monoisotopic (exact) mass is 442 g/mol. The molecule has 0 saturated carbocycles. The lowest BCUT2D eigenvalue weighted by Crippen LogP contribution is -2.07. The molecule has 11 heteroatoms. The van der Waals surface area contributed by atoms with Crippen molar-refractivity contribution < 1.29 is 22.3 Å². The van der Waals surface area contributed by atoms with Gasteiger partial charge in [0.2, 0.25) is 17.7 Å². The molecular formula is C21H17F3N6O2. The van der Waals surface area contributed by atoms with Crippen molar-refractivity contribution in [2.24, 2.45) is 0 Å². The van der Waals surface area contributed by atoms with E-state index in [9.17, 15) is 13.2 Å². The van der Waals surface area contributed by atoms with Gasteiger partial charge >= 0.3 is 12.2 Å². The summed E-state index contributed by atoms with van der Waals surface area (Å²) in [6, 6.07) is 11.9. The predicted molar refractivity (Wildman–Crippen MR) is 109 cm³/mol. The van der Waals surface area contributed by atoms with Gasteiger partial charge in [-0.2, -0.15) is 28.1 Å². The molecule has 0 aliphatic heterocycles. The van der Waals surface area contributed by atoms with Crippen molar-refractivity contribution in [2.45, 2.75) is 20.0 Å². The van der Waals surface area contributed by atoms with Crippen LogP contribution in [0.15, 0.2) is 52.9 Å². The van der Waals surface area contributed by atoms with Gasteiger partial charge in [-0.1, -0.05) is 18.2 Å². The van der Waals surface area contributed by atoms with Crippen molar-refractivity contribution in [2.75, 3.05) is 11.9 Å². The zero-order chi connectivity index (χ0) is 22.7. The van der Waals surface area contributed by atoms with Crippen LogP contribution in [0, 0.1) is 6.92 Å². The number of halogens is 3. The maximum absolute atomic E-state index is 13.0. The van der Waals surface area contributed by atoms with E-state index in [0.29, 0.717) is 24.0 Å². The van der Waals surface area contributed by atoms with Crippen molar-refractivity contribution in [3.8, 4) is 28.9 Å². The van der Waals surface area contributed by atoms with Crippen LogP contribution in [0.5, 0.6) is 6.01 Å². The lowest BCUT2D eigenvalue weighted by molar-refractivity contribution is -0.137. The number of aromatic nitrogens is 5. The average Bonchev–Trinajstić information content (AvgIpc) is 3.20. The molecule has 2 heterocycles. The minimum absolute atomic E-state index is 0.0450. The van der Waals surface area contributed by atoms with Crippen LogP contribution in [0.3, 0.4) is 0 Å². The number of nitrogens with one attached hydrogen (secondary N) is 1. The van der Waals surface area contributed by atoms with Crippen LogP contribution in [0.4, 0.5) is 24.8 Å². The molecule has 0 fully saturated rings. The maximum Gasteiger partial charge on any atom is 0.416 e. The molecule has 0 radical (unpaired) electrons. The van der Waals surface area contributed by atoms with Crippen molar-refractivity contribution in [3.63, 3.8) is 0 Å². The number of aryl methyl sites for hydroxylation is 1. The topological polar surface area (TPSA) is 98.8 Å². The number of ether oxygens (including phenoxy) is 1. The third-order valence-corrected chi connectivity index (χ3v) is 4.25. The summed E-state index contributed by atoms with van der Waals surface area (Å²) in [5.41, 5.74) is 0.756. The second kappa shape index (κ2) is 8.61. The van der Waals surface area contributed by atoms with E-state index in [1.165, 1.54) is 12.1 Å². The molecule has 0 aliphatic rings. The van der Waals surface area contributed by atoms with Gasteiger partial charge in [0.1, 0.15) is 0 Å². The Balaban J connectivity index is 1.65. The van der Waals surface area contributed by atoms with Crippen molar-refractivity contribution in [1.82, 2.24) is 25.1 Å². The molecule has 0 spiro atoms. The Morgan fingerprint density at radius 1 is 0.969 bits per heavy atom. The maximum atomic E-state index is 13.0. The molecule has 2 aromatic carbocycles. The second-order valence-corrected chi connectivity index (χ2v) is 6.61. The highest BCUT2D eigenvalue weighted by atomic mass is 19.4. The summed E-state index contributed by atoms with van der Waals surface area (Å²) in [5.74, 6) is 1.17. The van der Waals surface area contributed by atoms with E-state index in [2.05, 4.69) is 30.5 Å². The van der Waals surface area contributed by atoms with Gasteiger partial charge in [-0.15, -0.1) is 10.2 Å². The molecule has 0 unspecified atom stereocenters. The van der Waals surface area contributed by atoms with E-state index in [4.69, 9.17) is 9.15 Å². The van der Waals surface area contributed by atoms with E-state index in [0.717, 1.165) is 17.7 Å². The van der Waals surface area contributed by atoms with Gasteiger partial charge in [-0.25, -0.2) is 0 Å². The molecule has 164 valence electrons. The number of alkyl halides is 3. The molecule has 4 rings (SSSR count). The fraction of sp³-hybridized carbons (Fsp3) is 0.190. The van der Waals surface area contributed by atoms with Gasteiger partial charge in [-0.3, -0.25) is 0 Å². The van der Waals surface area contributed by atoms with Gasteiger partial charge in [0, 0.05) is 23.7 Å². The largest absolute Gasteiger partial charge is 0.464 e. The molecule has 0 aliphatic carbocycles. The standard InChI is InChI=1S/C21H17F3N6O2/c1-3-31-20-27-17(13-7-9-14(10-8-13)18-30-29-12(2)32-18)26-19(28-20)25-16-6-4-5-15(11-16)21(22,23)24/h4-11H,3H2,1-2H3,(H,25,26,27,28). The Bertz CT molecular complexity index is 1220. The first-order valence-corrected chi connectivity index (χ1v) is 9.56. The molecule has 0 saturated heterocycles. The highest BCUT2D eigenvalue weighted by Crippen LogP contribution is 2.31. The van der Waals surface area contributed by atoms with Crippen LogP contribution in [0.2, 0.25) is 0 Å². The third-order valence-electron chi connectivity index (χ3n) is 4.25. The molecule has 32 heavy (non-hydrogen) atoms. The van der Waals surface area contributed by atoms with E-state index >= 15 is 0 Å². The first-order valence-electron chi connectivity index (χ1n) is 9.56. The van der Waals surface area contributed by atoms with Crippen LogP contribution in [0.25, 0.3) is 22.8 Å². The number of nitrogens with zero attached hydrogens (tertiary/aromatic N) is 5. The van der Waals surface area contributed by atoms with Crippen LogP contribution in [-0.2, 0) is 6.18 Å². The normalized spacial score (nSPS) is 11.4. The van der Waals surface area contributed by atoms with Crippen molar-refractivity contribution in [1.29, 1.82) is 0 Å². The molecule has 0 bridgehead atoms. The number of rotatable bonds is 6. The first kappa shape index (κ1) is 21.2. The van der Waals surface area contributed by atoms with Crippen LogP contribution in [0.1, 0.15) is 18.4 Å². The highest BCUT2D eigenvalue weighted by molar-refractivity contribution is 5.64. The van der Waals surface area contributed by atoms with Crippen LogP contribution < -0.4 is 10.1 Å². The molecule has 8 nitrogen and oxygen atoms in total. The Labute approximate surface area is 180 Å². The second-order valence-electron chi connectivity index (χ2n) is 6.61. The SMILES string of the molecule is CCOc1nc(Nc2cccc(C(F)(F)F)c2)nc(-c2ccc(-c3nnc(C)o3)cc2)n1. The Morgan fingerprint density at radius 3 is 2.38 bits per heavy atom. The van der Waals surface area contributed by atoms with E-state index in [-0.39, 0.29) is 23.5 Å². The summed E-state index contributed by atoms with van der Waals surface area (Å²) in [4.78, 5) is 12.7. The predicted octanol–water partition coefficient (Wildman–Crippen LogP) is 5.06. The molecule has 4 aromatic rings. The fourth-order valence-corrected chi connectivity index (χ4v) is 2.81. The van der Waals surface area contributed by atoms with Gasteiger partial charge < -0.3 is 14.5 Å². The smallest absolute Gasteiger partial charge is 0.416 e. The van der Waals surface area contributed by atoms with E-state index < -0.39 is 11.7 Å². The molecule has 1 N–H and O–H groups in total. The fourth-order valence-electron chi connectivity index (χ4n) is 2.81. The minimum Gasteiger partial charge on any atom is -0.464 e. The number of anilines is 2. The molecular weight excluding hydrogens is 425 g/mol. The van der Waals surface area contributed by atoms with Gasteiger partial charge in [0.15, 0.2) is 5.82 Å². The number of hydrogen-bond acceptors (Lipinski definition) is 8. The number of hydrogen-bond donors (Lipinski definition) is 1. The van der Waals surface area contributed by atoms with Crippen LogP contribution in [-0.4, -0.2) is 31.8 Å². The molecule has 0 amide bonds. The minimum atomic E-state index is -4.46. The van der Waals surface area contributed by atoms with Crippen molar-refractivity contribution in [3.05, 3.63) is 60.0 Å². The Morgan fingerprint density at radius 2 is 1.72 bits per heavy atom. The Hall–Kier alpha value is -4.02. The number of benzene rings is 2.